The van der Waals surface area contributed by atoms with Gasteiger partial charge in [0.05, 0.1) is 5.02 Å². The molecule has 0 radical (unpaired) electrons. The van der Waals surface area contributed by atoms with E-state index in [2.05, 4.69) is 40.6 Å². The number of rotatable bonds is 3. The van der Waals surface area contributed by atoms with E-state index in [4.69, 9.17) is 16.3 Å². The molecule has 0 saturated carbocycles. The maximum absolute atomic E-state index is 13.8. The van der Waals surface area contributed by atoms with Crippen molar-refractivity contribution in [3.8, 4) is 5.75 Å². The highest BCUT2D eigenvalue weighted by molar-refractivity contribution is 6.32. The summed E-state index contributed by atoms with van der Waals surface area (Å²) in [5, 5.41) is 13.4. The summed E-state index contributed by atoms with van der Waals surface area (Å²) in [4.78, 5) is 29.7. The number of halogens is 1. The van der Waals surface area contributed by atoms with Gasteiger partial charge in [-0.2, -0.15) is 0 Å². The number of anilines is 2. The number of piperidine rings is 2. The first kappa shape index (κ1) is 26.4. The zero-order valence-corrected chi connectivity index (χ0v) is 23.1. The average molecular weight is 538 g/mol. The van der Waals surface area contributed by atoms with E-state index in [0.717, 1.165) is 44.3 Å². The van der Waals surface area contributed by atoms with Crippen molar-refractivity contribution >= 4 is 41.1 Å². The first-order valence-electron chi connectivity index (χ1n) is 13.4. The Kier molecular flexibility index (Phi) is 6.84. The molecule has 202 valence electrons. The summed E-state index contributed by atoms with van der Waals surface area (Å²) in [7, 11) is 0. The Hall–Kier alpha value is -3.19. The number of nitrogens with one attached hydrogen (secondary N) is 1. The summed E-state index contributed by atoms with van der Waals surface area (Å²) in [5.74, 6) is 0.296. The molecule has 2 N–H and O–H groups in total. The predicted octanol–water partition coefficient (Wildman–Crippen LogP) is 6.67. The fourth-order valence-electron chi connectivity index (χ4n) is 6.27. The van der Waals surface area contributed by atoms with Gasteiger partial charge in [0.2, 0.25) is 0 Å². The molecule has 3 aliphatic heterocycles. The Balaban J connectivity index is 1.35. The van der Waals surface area contributed by atoms with Crippen LogP contribution in [0.5, 0.6) is 5.75 Å². The van der Waals surface area contributed by atoms with Gasteiger partial charge in [-0.1, -0.05) is 56.6 Å². The molecular formula is C30H36ClN3O4. The third-order valence-electron chi connectivity index (χ3n) is 8.41. The second kappa shape index (κ2) is 9.84. The largest absolute Gasteiger partial charge is 0.481 e. The van der Waals surface area contributed by atoms with Crippen LogP contribution >= 0.6 is 11.6 Å². The second-order valence-corrected chi connectivity index (χ2v) is 12.1. The molecule has 2 amide bonds. The molecule has 3 heterocycles. The van der Waals surface area contributed by atoms with Gasteiger partial charge < -0.3 is 20.1 Å². The monoisotopic (exact) mass is 537 g/mol. The fraction of sp³-hybridized carbons (Fsp3) is 0.467. The number of hydrogen-bond acceptors (Lipinski definition) is 4. The molecule has 38 heavy (non-hydrogen) atoms. The van der Waals surface area contributed by atoms with E-state index >= 15 is 0 Å². The molecule has 5 rings (SSSR count). The van der Waals surface area contributed by atoms with Crippen LogP contribution in [0.25, 0.3) is 6.08 Å². The van der Waals surface area contributed by atoms with E-state index in [9.17, 15) is 14.7 Å². The summed E-state index contributed by atoms with van der Waals surface area (Å²) < 4.78 is 6.53. The van der Waals surface area contributed by atoms with E-state index in [0.29, 0.717) is 29.4 Å². The first-order valence-corrected chi connectivity index (χ1v) is 13.8. The van der Waals surface area contributed by atoms with Crippen LogP contribution in [0.3, 0.4) is 0 Å². The summed E-state index contributed by atoms with van der Waals surface area (Å²) in [6.45, 7) is 7.87. The summed E-state index contributed by atoms with van der Waals surface area (Å²) >= 11 is 6.72. The number of benzene rings is 2. The lowest BCUT2D eigenvalue weighted by Gasteiger charge is -2.52. The minimum atomic E-state index is -1.18. The average Bonchev–Trinajstić information content (AvgIpc) is 2.89. The SMILES string of the molecule is CC(C)(C)[C@@]1(C(=O)Nc2cc(Cl)c3c(c2)C=CC2(CCN(c4ccccc4)CC2)O3)CCCCN1C(=O)O. The van der Waals surface area contributed by atoms with Gasteiger partial charge in [0.15, 0.2) is 0 Å². The number of likely N-dealkylation sites (tertiary alicyclic amines) is 1. The molecule has 8 heteroatoms. The van der Waals surface area contributed by atoms with Crippen LogP contribution in [-0.2, 0) is 4.79 Å². The van der Waals surface area contributed by atoms with Crippen LogP contribution in [0.2, 0.25) is 5.02 Å². The van der Waals surface area contributed by atoms with E-state index in [-0.39, 0.29) is 5.91 Å². The normalized spacial score (nSPS) is 22.5. The highest BCUT2D eigenvalue weighted by Crippen LogP contribution is 2.46. The molecule has 2 aromatic carbocycles. The Morgan fingerprint density at radius 2 is 1.74 bits per heavy atom. The van der Waals surface area contributed by atoms with Gasteiger partial charge in [-0.15, -0.1) is 0 Å². The molecule has 2 aromatic rings. The molecule has 3 aliphatic rings. The number of carbonyl (C=O) groups excluding carboxylic acids is 1. The lowest BCUT2D eigenvalue weighted by Crippen LogP contribution is -2.67. The zero-order valence-electron chi connectivity index (χ0n) is 22.3. The van der Waals surface area contributed by atoms with E-state index < -0.39 is 22.6 Å². The van der Waals surface area contributed by atoms with Crippen molar-refractivity contribution in [3.05, 3.63) is 59.1 Å². The van der Waals surface area contributed by atoms with E-state index in [1.54, 1.807) is 6.07 Å². The van der Waals surface area contributed by atoms with Crippen molar-refractivity contribution in [2.45, 2.75) is 64.0 Å². The van der Waals surface area contributed by atoms with Crippen LogP contribution in [0.1, 0.15) is 58.4 Å². The van der Waals surface area contributed by atoms with E-state index in [1.807, 2.05) is 39.0 Å². The van der Waals surface area contributed by atoms with Crippen molar-refractivity contribution in [2.75, 3.05) is 29.9 Å². The topological polar surface area (TPSA) is 82.1 Å². The molecule has 2 saturated heterocycles. The standard InChI is InChI=1S/C30H36ClN3O4/c1-28(2,3)30(12-7-8-16-34(30)27(36)37)26(35)32-22-19-21-11-13-29(38-25(21)24(31)20-22)14-17-33(18-15-29)23-9-5-4-6-10-23/h4-6,9-11,13,19-20H,7-8,12,14-18H2,1-3H3,(H,32,35)(H,36,37)/t30-/m0/s1. The van der Waals surface area contributed by atoms with Gasteiger partial charge in [0.25, 0.3) is 5.91 Å². The summed E-state index contributed by atoms with van der Waals surface area (Å²) in [6.07, 6.45) is 6.76. The fourth-order valence-corrected chi connectivity index (χ4v) is 6.54. The van der Waals surface area contributed by atoms with Crippen molar-refractivity contribution in [1.29, 1.82) is 0 Å². The lowest BCUT2D eigenvalue weighted by atomic mass is 9.67. The lowest BCUT2D eigenvalue weighted by molar-refractivity contribution is -0.137. The maximum Gasteiger partial charge on any atom is 0.408 e. The first-order chi connectivity index (χ1) is 18.0. The third-order valence-corrected chi connectivity index (χ3v) is 8.69. The van der Waals surface area contributed by atoms with Gasteiger partial charge in [-0.25, -0.2) is 4.79 Å². The summed E-state index contributed by atoms with van der Waals surface area (Å²) in [6, 6.07) is 14.0. The van der Waals surface area contributed by atoms with Crippen LogP contribution in [0, 0.1) is 5.41 Å². The van der Waals surface area contributed by atoms with Crippen LogP contribution in [0.15, 0.2) is 48.5 Å². The van der Waals surface area contributed by atoms with Crippen LogP contribution in [0.4, 0.5) is 16.2 Å². The van der Waals surface area contributed by atoms with Gasteiger partial charge in [0.1, 0.15) is 16.9 Å². The number of amides is 2. The highest BCUT2D eigenvalue weighted by atomic mass is 35.5. The van der Waals surface area contributed by atoms with Crippen molar-refractivity contribution in [1.82, 2.24) is 4.90 Å². The number of carbonyl (C=O) groups is 2. The molecule has 0 bridgehead atoms. The van der Waals surface area contributed by atoms with E-state index in [1.165, 1.54) is 10.6 Å². The van der Waals surface area contributed by atoms with Crippen molar-refractivity contribution in [2.24, 2.45) is 5.41 Å². The molecule has 1 spiro atoms. The molecule has 0 unspecified atom stereocenters. The number of fused-ring (bicyclic) bond motifs is 1. The van der Waals surface area contributed by atoms with Crippen molar-refractivity contribution < 1.29 is 19.4 Å². The molecule has 0 aliphatic carbocycles. The Morgan fingerprint density at radius 3 is 2.39 bits per heavy atom. The van der Waals surface area contributed by atoms with Crippen LogP contribution < -0.4 is 15.0 Å². The molecule has 0 aromatic heterocycles. The smallest absolute Gasteiger partial charge is 0.408 e. The minimum Gasteiger partial charge on any atom is -0.481 e. The van der Waals surface area contributed by atoms with Gasteiger partial charge in [-0.3, -0.25) is 9.69 Å². The number of ether oxygens (including phenoxy) is 1. The molecule has 1 atom stereocenters. The Labute approximate surface area is 229 Å². The van der Waals surface area contributed by atoms with Crippen molar-refractivity contribution in [3.63, 3.8) is 0 Å². The van der Waals surface area contributed by atoms with Gasteiger partial charge in [0, 0.05) is 49.4 Å². The molecule has 2 fully saturated rings. The van der Waals surface area contributed by atoms with Gasteiger partial charge >= 0.3 is 6.09 Å². The number of para-hydroxylation sites is 1. The zero-order chi connectivity index (χ0) is 27.1. The number of nitrogens with zero attached hydrogens (tertiary/aromatic N) is 2. The third kappa shape index (κ3) is 4.62. The number of carboxylic acid groups (broad SMARTS) is 1. The Morgan fingerprint density at radius 1 is 1.03 bits per heavy atom. The number of hydrogen-bond donors (Lipinski definition) is 2. The van der Waals surface area contributed by atoms with Gasteiger partial charge in [-0.05, 0) is 55.0 Å². The maximum atomic E-state index is 13.8. The second-order valence-electron chi connectivity index (χ2n) is 11.7. The molecular weight excluding hydrogens is 502 g/mol. The highest BCUT2D eigenvalue weighted by Gasteiger charge is 2.55. The Bertz CT molecular complexity index is 1250. The molecule has 7 nitrogen and oxygen atoms in total. The quantitative estimate of drug-likeness (QED) is 0.457. The summed E-state index contributed by atoms with van der Waals surface area (Å²) in [5.41, 5.74) is 0.357. The predicted molar refractivity (Wildman–Crippen MR) is 151 cm³/mol. The van der Waals surface area contributed by atoms with Crippen LogP contribution in [-0.4, -0.2) is 52.8 Å². The minimum absolute atomic E-state index is 0.325.